The second-order valence-electron chi connectivity index (χ2n) is 5.73. The van der Waals surface area contributed by atoms with Gasteiger partial charge >= 0.3 is 0 Å². The van der Waals surface area contributed by atoms with Gasteiger partial charge < -0.3 is 0 Å². The van der Waals surface area contributed by atoms with E-state index in [1.165, 1.54) is 0 Å². The van der Waals surface area contributed by atoms with Gasteiger partial charge in [-0.2, -0.15) is 0 Å². The first kappa shape index (κ1) is 13.5. The average Bonchev–Trinajstić information content (AvgIpc) is 2.48. The zero-order chi connectivity index (χ0) is 15.2. The van der Waals surface area contributed by atoms with Crippen LogP contribution in [0.1, 0.15) is 18.4 Å². The summed E-state index contributed by atoms with van der Waals surface area (Å²) < 4.78 is 25.3. The van der Waals surface area contributed by atoms with E-state index in [0.717, 1.165) is 40.0 Å². The molecule has 0 saturated carbocycles. The van der Waals surface area contributed by atoms with Crippen LogP contribution in [0.25, 0.3) is 23.3 Å². The van der Waals surface area contributed by atoms with Crippen molar-refractivity contribution in [1.29, 1.82) is 0 Å². The molecular weight excluding hydrogens is 292 g/mol. The van der Waals surface area contributed by atoms with Crippen molar-refractivity contribution in [2.75, 3.05) is 0 Å². The summed E-state index contributed by atoms with van der Waals surface area (Å²) in [6.07, 6.45) is 10.4. The Morgan fingerprint density at radius 1 is 0.909 bits per heavy atom. The monoisotopic (exact) mass is 308 g/mol. The van der Waals surface area contributed by atoms with Crippen molar-refractivity contribution < 1.29 is 8.42 Å². The average molecular weight is 308 g/mol. The van der Waals surface area contributed by atoms with Crippen LogP contribution in [-0.4, -0.2) is 8.42 Å². The summed E-state index contributed by atoms with van der Waals surface area (Å²) in [7, 11) is -3.26. The Labute approximate surface area is 130 Å². The number of hydrogen-bond acceptors (Lipinski definition) is 2. The van der Waals surface area contributed by atoms with Crippen molar-refractivity contribution >= 4 is 22.0 Å². The van der Waals surface area contributed by atoms with Gasteiger partial charge in [-0.1, -0.05) is 54.6 Å². The van der Waals surface area contributed by atoms with E-state index < -0.39 is 9.84 Å². The molecule has 22 heavy (non-hydrogen) atoms. The number of hydrogen-bond donors (Lipinski definition) is 0. The fraction of sp³-hybridized carbons (Fsp3) is 0.158. The first-order valence-corrected chi connectivity index (χ1v) is 9.13. The zero-order valence-electron chi connectivity index (χ0n) is 12.1. The number of benzene rings is 2. The van der Waals surface area contributed by atoms with Crippen LogP contribution in [0.15, 0.2) is 53.4 Å². The number of allylic oxidation sites excluding steroid dienone is 2. The molecule has 0 saturated heterocycles. The van der Waals surface area contributed by atoms with Gasteiger partial charge in [-0.3, -0.25) is 0 Å². The van der Waals surface area contributed by atoms with Gasteiger partial charge in [-0.05, 0) is 40.5 Å². The van der Waals surface area contributed by atoms with Crippen molar-refractivity contribution in [3.8, 4) is 11.1 Å². The molecule has 2 aromatic carbocycles. The normalized spacial score (nSPS) is 22.4. The number of rotatable bonds is 0. The van der Waals surface area contributed by atoms with Gasteiger partial charge in [0.15, 0.2) is 9.84 Å². The summed E-state index contributed by atoms with van der Waals surface area (Å²) in [6.45, 7) is 0. The van der Waals surface area contributed by atoms with Gasteiger partial charge in [0.2, 0.25) is 0 Å². The minimum Gasteiger partial charge on any atom is -0.223 e. The first-order chi connectivity index (χ1) is 10.7. The van der Waals surface area contributed by atoms with Crippen molar-refractivity contribution in [3.05, 3.63) is 64.6 Å². The van der Waals surface area contributed by atoms with Gasteiger partial charge in [0.1, 0.15) is 0 Å². The molecule has 4 rings (SSSR count). The van der Waals surface area contributed by atoms with E-state index in [-0.39, 0.29) is 5.75 Å². The molecule has 1 heterocycles. The predicted octanol–water partition coefficient (Wildman–Crippen LogP) is 2.55. The Hall–Kier alpha value is -2.13. The molecule has 1 aliphatic carbocycles. The van der Waals surface area contributed by atoms with Crippen LogP contribution in [-0.2, 0) is 15.6 Å². The number of fused-ring (bicyclic) bond motifs is 5. The zero-order valence-corrected chi connectivity index (χ0v) is 12.9. The Morgan fingerprint density at radius 2 is 1.77 bits per heavy atom. The Balaban J connectivity index is 2.14. The van der Waals surface area contributed by atoms with Gasteiger partial charge in [0.05, 0.1) is 10.6 Å². The predicted molar refractivity (Wildman–Crippen MR) is 89.3 cm³/mol. The molecule has 0 N–H and O–H groups in total. The molecule has 0 atom stereocenters. The van der Waals surface area contributed by atoms with E-state index in [1.54, 1.807) is 12.1 Å². The lowest BCUT2D eigenvalue weighted by Crippen LogP contribution is -2.32. The quantitative estimate of drug-likeness (QED) is 0.749. The third kappa shape index (κ3) is 2.04. The Morgan fingerprint density at radius 3 is 2.68 bits per heavy atom. The summed E-state index contributed by atoms with van der Waals surface area (Å²) in [5.41, 5.74) is 2.83. The van der Waals surface area contributed by atoms with Crippen LogP contribution >= 0.6 is 0 Å². The highest BCUT2D eigenvalue weighted by atomic mass is 32.2. The molecule has 0 spiro atoms. The van der Waals surface area contributed by atoms with Crippen LogP contribution in [0.5, 0.6) is 0 Å². The summed E-state index contributed by atoms with van der Waals surface area (Å²) >= 11 is 0. The fourth-order valence-electron chi connectivity index (χ4n) is 3.30. The molecule has 0 unspecified atom stereocenters. The van der Waals surface area contributed by atoms with Gasteiger partial charge in [-0.15, -0.1) is 0 Å². The highest BCUT2D eigenvalue weighted by Crippen LogP contribution is 2.35. The number of sulfone groups is 1. The smallest absolute Gasteiger partial charge is 0.183 e. The highest BCUT2D eigenvalue weighted by Gasteiger charge is 2.28. The molecule has 1 aliphatic heterocycles. The maximum absolute atomic E-state index is 12.6. The molecule has 0 bridgehead atoms. The highest BCUT2D eigenvalue weighted by molar-refractivity contribution is 7.90. The summed E-state index contributed by atoms with van der Waals surface area (Å²) in [5, 5.41) is 2.18. The molecule has 2 aliphatic rings. The molecule has 0 aromatic heterocycles. The van der Waals surface area contributed by atoms with Gasteiger partial charge in [0.25, 0.3) is 0 Å². The first-order valence-electron chi connectivity index (χ1n) is 7.48. The SMILES string of the molecule is O=S1(=O)Cc2c(ccc3/c2=C\CC/C=C\C=3)-c2ccccc21. The molecule has 2 nitrogen and oxygen atoms in total. The second-order valence-corrected chi connectivity index (χ2v) is 7.68. The lowest BCUT2D eigenvalue weighted by molar-refractivity contribution is 0.594. The van der Waals surface area contributed by atoms with Crippen molar-refractivity contribution in [1.82, 2.24) is 0 Å². The van der Waals surface area contributed by atoms with Gasteiger partial charge in [0, 0.05) is 5.56 Å². The largest absolute Gasteiger partial charge is 0.223 e. The molecule has 0 amide bonds. The topological polar surface area (TPSA) is 34.1 Å². The molecule has 0 fully saturated rings. The lowest BCUT2D eigenvalue weighted by atomic mass is 9.96. The standard InChI is InChI=1S/C19H16O2S/c20-22(21)13-18-15-8-4-2-1-3-7-14(15)11-12-16(18)17-9-5-6-10-19(17)22/h1,3,5-12H,2,4,13H2/b3-1-,14-7-,15-8+. The van der Waals surface area contributed by atoms with E-state index in [0.29, 0.717) is 4.90 Å². The lowest BCUT2D eigenvalue weighted by Gasteiger charge is -2.21. The van der Waals surface area contributed by atoms with Crippen LogP contribution in [0.4, 0.5) is 0 Å². The molecular formula is C19H16O2S. The summed E-state index contributed by atoms with van der Waals surface area (Å²) in [5.74, 6) is 0.0938. The summed E-state index contributed by atoms with van der Waals surface area (Å²) in [4.78, 5) is 0.456. The Kier molecular flexibility index (Phi) is 3.05. The van der Waals surface area contributed by atoms with Crippen LogP contribution in [0, 0.1) is 0 Å². The fourth-order valence-corrected chi connectivity index (χ4v) is 4.94. The van der Waals surface area contributed by atoms with Gasteiger partial charge in [-0.25, -0.2) is 8.42 Å². The van der Waals surface area contributed by atoms with Crippen LogP contribution in [0.2, 0.25) is 0 Å². The van der Waals surface area contributed by atoms with E-state index in [1.807, 2.05) is 12.1 Å². The minimum absolute atomic E-state index is 0.0938. The second kappa shape index (κ2) is 4.96. The van der Waals surface area contributed by atoms with E-state index in [2.05, 4.69) is 36.4 Å². The third-order valence-corrected chi connectivity index (χ3v) is 6.03. The van der Waals surface area contributed by atoms with Crippen molar-refractivity contribution in [2.24, 2.45) is 0 Å². The third-order valence-electron chi connectivity index (χ3n) is 4.33. The molecule has 110 valence electrons. The minimum atomic E-state index is -3.26. The van der Waals surface area contributed by atoms with Crippen molar-refractivity contribution in [2.45, 2.75) is 23.5 Å². The maximum atomic E-state index is 12.6. The summed E-state index contributed by atoms with van der Waals surface area (Å²) in [6, 6.07) is 11.5. The Bertz CT molecular complexity index is 1010. The molecule has 3 heteroatoms. The molecule has 0 radical (unpaired) electrons. The van der Waals surface area contributed by atoms with E-state index in [4.69, 9.17) is 0 Å². The van der Waals surface area contributed by atoms with Crippen LogP contribution in [0.3, 0.4) is 0 Å². The van der Waals surface area contributed by atoms with Crippen LogP contribution < -0.4 is 10.4 Å². The van der Waals surface area contributed by atoms with Crippen molar-refractivity contribution in [3.63, 3.8) is 0 Å². The van der Waals surface area contributed by atoms with E-state index >= 15 is 0 Å². The maximum Gasteiger partial charge on any atom is 0.183 e. The molecule has 2 aromatic rings. The van der Waals surface area contributed by atoms with E-state index in [9.17, 15) is 8.42 Å².